The van der Waals surface area contributed by atoms with Crippen molar-refractivity contribution < 1.29 is 9.13 Å². The lowest BCUT2D eigenvalue weighted by Crippen LogP contribution is -2.05. The van der Waals surface area contributed by atoms with Crippen molar-refractivity contribution in [3.63, 3.8) is 0 Å². The molecule has 1 aromatic rings. The van der Waals surface area contributed by atoms with E-state index in [9.17, 15) is 4.39 Å². The van der Waals surface area contributed by atoms with Crippen LogP contribution in [0.1, 0.15) is 13.8 Å². The van der Waals surface area contributed by atoms with Gasteiger partial charge in [-0.2, -0.15) is 0 Å². The molecule has 0 aliphatic carbocycles. The lowest BCUT2D eigenvalue weighted by molar-refractivity contribution is 0.259. The molecule has 0 unspecified atom stereocenters. The third kappa shape index (κ3) is 2.53. The molecule has 0 radical (unpaired) electrons. The van der Waals surface area contributed by atoms with Gasteiger partial charge in [0.1, 0.15) is 0 Å². The minimum atomic E-state index is -0.293. The highest BCUT2D eigenvalue weighted by molar-refractivity contribution is 5.23. The molecule has 0 aliphatic heterocycles. The standard InChI is InChI=1S/C10H13FO/c1-8(2)7-12-10-6-4-3-5-9(10)11/h3-6,8H,7H2,1-2H3. The summed E-state index contributed by atoms with van der Waals surface area (Å²) in [7, 11) is 0. The number of hydrogen-bond donors (Lipinski definition) is 0. The van der Waals surface area contributed by atoms with Gasteiger partial charge in [0.2, 0.25) is 0 Å². The quantitative estimate of drug-likeness (QED) is 0.674. The van der Waals surface area contributed by atoms with Crippen molar-refractivity contribution >= 4 is 0 Å². The SMILES string of the molecule is CC(C)COc1ccccc1F. The van der Waals surface area contributed by atoms with Gasteiger partial charge >= 0.3 is 0 Å². The van der Waals surface area contributed by atoms with Crippen LogP contribution < -0.4 is 4.74 Å². The van der Waals surface area contributed by atoms with E-state index in [0.717, 1.165) is 0 Å². The molecule has 12 heavy (non-hydrogen) atoms. The van der Waals surface area contributed by atoms with Crippen LogP contribution in [0.4, 0.5) is 4.39 Å². The van der Waals surface area contributed by atoms with Gasteiger partial charge in [0.05, 0.1) is 6.61 Å². The third-order valence-electron chi connectivity index (χ3n) is 1.41. The minimum Gasteiger partial charge on any atom is -0.490 e. The third-order valence-corrected chi connectivity index (χ3v) is 1.41. The average Bonchev–Trinajstić information content (AvgIpc) is 2.03. The zero-order valence-corrected chi connectivity index (χ0v) is 7.38. The average molecular weight is 168 g/mol. The summed E-state index contributed by atoms with van der Waals surface area (Å²) in [6, 6.07) is 6.45. The molecule has 0 aromatic heterocycles. The fraction of sp³-hybridized carbons (Fsp3) is 0.400. The highest BCUT2D eigenvalue weighted by Gasteiger charge is 2.01. The molecule has 0 heterocycles. The Labute approximate surface area is 72.2 Å². The van der Waals surface area contributed by atoms with Crippen molar-refractivity contribution in [2.45, 2.75) is 13.8 Å². The van der Waals surface area contributed by atoms with Gasteiger partial charge in [-0.3, -0.25) is 0 Å². The molecular formula is C10H13FO. The molecule has 0 saturated carbocycles. The van der Waals surface area contributed by atoms with Crippen LogP contribution in [0.5, 0.6) is 5.75 Å². The second-order valence-corrected chi connectivity index (χ2v) is 3.14. The monoisotopic (exact) mass is 168 g/mol. The molecule has 0 N–H and O–H groups in total. The van der Waals surface area contributed by atoms with Crippen molar-refractivity contribution in [2.24, 2.45) is 5.92 Å². The van der Waals surface area contributed by atoms with E-state index in [1.807, 2.05) is 13.8 Å². The summed E-state index contributed by atoms with van der Waals surface area (Å²) in [6.45, 7) is 4.61. The van der Waals surface area contributed by atoms with E-state index in [1.54, 1.807) is 18.2 Å². The molecule has 0 bridgehead atoms. The van der Waals surface area contributed by atoms with Gasteiger partial charge in [0, 0.05) is 0 Å². The molecule has 0 saturated heterocycles. The molecule has 2 heteroatoms. The van der Waals surface area contributed by atoms with Gasteiger partial charge in [-0.05, 0) is 18.1 Å². The van der Waals surface area contributed by atoms with Crippen LogP contribution in [-0.4, -0.2) is 6.61 Å². The number of ether oxygens (including phenoxy) is 1. The molecule has 1 aromatic carbocycles. The number of para-hydroxylation sites is 1. The van der Waals surface area contributed by atoms with Crippen LogP contribution in [0.15, 0.2) is 24.3 Å². The molecule has 0 fully saturated rings. The number of benzene rings is 1. The van der Waals surface area contributed by atoms with Gasteiger partial charge in [-0.1, -0.05) is 26.0 Å². The zero-order valence-electron chi connectivity index (χ0n) is 7.38. The summed E-state index contributed by atoms with van der Waals surface area (Å²) >= 11 is 0. The van der Waals surface area contributed by atoms with E-state index in [4.69, 9.17) is 4.74 Å². The maximum atomic E-state index is 12.9. The van der Waals surface area contributed by atoms with E-state index in [0.29, 0.717) is 18.3 Å². The molecule has 66 valence electrons. The highest BCUT2D eigenvalue weighted by Crippen LogP contribution is 2.15. The van der Waals surface area contributed by atoms with Crippen LogP contribution >= 0.6 is 0 Å². The first-order valence-corrected chi connectivity index (χ1v) is 4.07. The maximum absolute atomic E-state index is 12.9. The first kappa shape index (κ1) is 9.04. The smallest absolute Gasteiger partial charge is 0.165 e. The summed E-state index contributed by atoms with van der Waals surface area (Å²) in [5.41, 5.74) is 0. The van der Waals surface area contributed by atoms with Crippen LogP contribution in [0.2, 0.25) is 0 Å². The number of rotatable bonds is 3. The summed E-state index contributed by atoms with van der Waals surface area (Å²) in [6.07, 6.45) is 0. The lowest BCUT2D eigenvalue weighted by atomic mass is 10.2. The fourth-order valence-electron chi connectivity index (χ4n) is 0.818. The first-order chi connectivity index (χ1) is 5.70. The van der Waals surface area contributed by atoms with Crippen molar-refractivity contribution in [2.75, 3.05) is 6.61 Å². The first-order valence-electron chi connectivity index (χ1n) is 4.07. The number of hydrogen-bond acceptors (Lipinski definition) is 1. The molecule has 0 aliphatic rings. The van der Waals surface area contributed by atoms with Gasteiger partial charge in [0.25, 0.3) is 0 Å². The Morgan fingerprint density at radius 3 is 2.58 bits per heavy atom. The molecule has 0 atom stereocenters. The predicted molar refractivity (Wildman–Crippen MR) is 46.7 cm³/mol. The Balaban J connectivity index is 2.57. The van der Waals surface area contributed by atoms with E-state index >= 15 is 0 Å². The largest absolute Gasteiger partial charge is 0.490 e. The Morgan fingerprint density at radius 1 is 1.33 bits per heavy atom. The highest BCUT2D eigenvalue weighted by atomic mass is 19.1. The molecule has 1 rings (SSSR count). The summed E-state index contributed by atoms with van der Waals surface area (Å²) < 4.78 is 18.1. The van der Waals surface area contributed by atoms with Gasteiger partial charge in [-0.15, -0.1) is 0 Å². The summed E-state index contributed by atoms with van der Waals surface area (Å²) in [4.78, 5) is 0. The Bertz CT molecular complexity index is 245. The minimum absolute atomic E-state index is 0.293. The van der Waals surface area contributed by atoms with Gasteiger partial charge in [-0.25, -0.2) is 4.39 Å². The van der Waals surface area contributed by atoms with Crippen LogP contribution in [0, 0.1) is 11.7 Å². The molecule has 1 nitrogen and oxygen atoms in total. The predicted octanol–water partition coefficient (Wildman–Crippen LogP) is 2.86. The van der Waals surface area contributed by atoms with E-state index in [2.05, 4.69) is 0 Å². The van der Waals surface area contributed by atoms with Crippen LogP contribution in [-0.2, 0) is 0 Å². The van der Waals surface area contributed by atoms with Gasteiger partial charge < -0.3 is 4.74 Å². The van der Waals surface area contributed by atoms with Gasteiger partial charge in [0.15, 0.2) is 11.6 Å². The maximum Gasteiger partial charge on any atom is 0.165 e. The Hall–Kier alpha value is -1.05. The summed E-state index contributed by atoms with van der Waals surface area (Å²) in [5, 5.41) is 0. The number of halogens is 1. The van der Waals surface area contributed by atoms with Crippen LogP contribution in [0.3, 0.4) is 0 Å². The molecule has 0 spiro atoms. The lowest BCUT2D eigenvalue weighted by Gasteiger charge is -2.08. The van der Waals surface area contributed by atoms with E-state index < -0.39 is 0 Å². The van der Waals surface area contributed by atoms with Crippen molar-refractivity contribution in [3.8, 4) is 5.75 Å². The fourth-order valence-corrected chi connectivity index (χ4v) is 0.818. The van der Waals surface area contributed by atoms with Crippen molar-refractivity contribution in [1.29, 1.82) is 0 Å². The summed E-state index contributed by atoms with van der Waals surface area (Å²) in [5.74, 6) is 0.467. The molecule has 0 amide bonds. The van der Waals surface area contributed by atoms with Crippen molar-refractivity contribution in [3.05, 3.63) is 30.1 Å². The topological polar surface area (TPSA) is 9.23 Å². The molecular weight excluding hydrogens is 155 g/mol. The second-order valence-electron chi connectivity index (χ2n) is 3.14. The van der Waals surface area contributed by atoms with Crippen LogP contribution in [0.25, 0.3) is 0 Å². The Kier molecular flexibility index (Phi) is 3.09. The van der Waals surface area contributed by atoms with E-state index in [-0.39, 0.29) is 5.82 Å². The van der Waals surface area contributed by atoms with Crippen molar-refractivity contribution in [1.82, 2.24) is 0 Å². The second kappa shape index (κ2) is 4.10. The normalized spacial score (nSPS) is 10.3. The zero-order chi connectivity index (χ0) is 8.97. The van der Waals surface area contributed by atoms with E-state index in [1.165, 1.54) is 6.07 Å². The Morgan fingerprint density at radius 2 is 2.00 bits per heavy atom.